The molecular weight excluding hydrogens is 539 g/mol. The lowest BCUT2D eigenvalue weighted by Gasteiger charge is -2.08. The molecule has 162 valence electrons. The van der Waals surface area contributed by atoms with Gasteiger partial charge in [0, 0.05) is 26.8 Å². The van der Waals surface area contributed by atoms with Crippen LogP contribution in [0.4, 0.5) is 5.69 Å². The van der Waals surface area contributed by atoms with Crippen molar-refractivity contribution in [1.82, 2.24) is 4.98 Å². The number of anilines is 1. The summed E-state index contributed by atoms with van der Waals surface area (Å²) in [5.74, 6) is 0.476. The normalized spacial score (nSPS) is 11.3. The van der Waals surface area contributed by atoms with Crippen LogP contribution in [0.25, 0.3) is 28.6 Å². The predicted octanol–water partition coefficient (Wildman–Crippen LogP) is 7.88. The van der Waals surface area contributed by atoms with Gasteiger partial charge in [0.2, 0.25) is 11.8 Å². The fraction of sp³-hybridized carbons (Fsp3) is 0.0435. The molecule has 4 rings (SSSR count). The third kappa shape index (κ3) is 4.94. The summed E-state index contributed by atoms with van der Waals surface area (Å²) in [4.78, 5) is 16.9. The molecule has 0 aliphatic carbocycles. The largest absolute Gasteiger partial charge is 0.495 e. The molecule has 0 unspecified atom stereocenters. The summed E-state index contributed by atoms with van der Waals surface area (Å²) in [6, 6.07) is 13.8. The third-order valence-electron chi connectivity index (χ3n) is 4.47. The SMILES string of the molecule is COc1c(Cl)cc(Cl)cc1C=CC(=O)Nc1ccc2oc(-c3cc(Br)ccc3Cl)nc2c1. The highest BCUT2D eigenvalue weighted by molar-refractivity contribution is 9.10. The van der Waals surface area contributed by atoms with Crippen LogP contribution in [0.5, 0.6) is 5.75 Å². The number of halogens is 4. The molecule has 1 amide bonds. The molecule has 0 radical (unpaired) electrons. The van der Waals surface area contributed by atoms with Gasteiger partial charge in [-0.2, -0.15) is 0 Å². The Balaban J connectivity index is 1.55. The van der Waals surface area contributed by atoms with Gasteiger partial charge in [0.05, 0.1) is 22.7 Å². The van der Waals surface area contributed by atoms with Crippen molar-refractivity contribution >= 4 is 79.5 Å². The minimum absolute atomic E-state index is 0.346. The number of nitrogens with one attached hydrogen (secondary N) is 1. The topological polar surface area (TPSA) is 64.4 Å². The van der Waals surface area contributed by atoms with Gasteiger partial charge >= 0.3 is 0 Å². The Morgan fingerprint density at radius 2 is 1.91 bits per heavy atom. The Kier molecular flexibility index (Phi) is 6.76. The van der Waals surface area contributed by atoms with E-state index in [1.54, 1.807) is 42.5 Å². The van der Waals surface area contributed by atoms with E-state index < -0.39 is 0 Å². The minimum Gasteiger partial charge on any atom is -0.495 e. The number of hydrogen-bond acceptors (Lipinski definition) is 4. The van der Waals surface area contributed by atoms with Crippen LogP contribution in [0, 0.1) is 0 Å². The lowest BCUT2D eigenvalue weighted by Crippen LogP contribution is -2.07. The van der Waals surface area contributed by atoms with Crippen LogP contribution in [0.2, 0.25) is 15.1 Å². The number of amides is 1. The van der Waals surface area contributed by atoms with Gasteiger partial charge in [-0.25, -0.2) is 4.98 Å². The zero-order chi connectivity index (χ0) is 22.8. The first-order valence-electron chi connectivity index (χ1n) is 9.22. The number of aromatic nitrogens is 1. The van der Waals surface area contributed by atoms with Crippen LogP contribution in [0.15, 0.2) is 63.5 Å². The Hall–Kier alpha value is -2.51. The van der Waals surface area contributed by atoms with Gasteiger partial charge in [0.1, 0.15) is 11.3 Å². The van der Waals surface area contributed by atoms with Gasteiger partial charge in [0.25, 0.3) is 0 Å². The molecule has 1 aromatic heterocycles. The first-order valence-corrected chi connectivity index (χ1v) is 11.1. The van der Waals surface area contributed by atoms with Crippen LogP contribution in [0.1, 0.15) is 5.56 Å². The number of rotatable bonds is 5. The first-order chi connectivity index (χ1) is 15.3. The van der Waals surface area contributed by atoms with E-state index in [4.69, 9.17) is 44.0 Å². The number of carbonyl (C=O) groups excluding carboxylic acids is 1. The van der Waals surface area contributed by atoms with Crippen LogP contribution in [-0.4, -0.2) is 18.0 Å². The highest BCUT2D eigenvalue weighted by Crippen LogP contribution is 2.34. The van der Waals surface area contributed by atoms with Crippen molar-refractivity contribution < 1.29 is 13.9 Å². The molecule has 0 aliphatic rings. The average molecular weight is 553 g/mol. The molecule has 0 atom stereocenters. The Morgan fingerprint density at radius 3 is 2.69 bits per heavy atom. The van der Waals surface area contributed by atoms with Crippen LogP contribution in [0.3, 0.4) is 0 Å². The number of carbonyl (C=O) groups is 1. The van der Waals surface area contributed by atoms with E-state index in [2.05, 4.69) is 26.2 Å². The van der Waals surface area contributed by atoms with Crippen molar-refractivity contribution in [3.63, 3.8) is 0 Å². The maximum absolute atomic E-state index is 12.4. The van der Waals surface area contributed by atoms with E-state index >= 15 is 0 Å². The molecule has 1 N–H and O–H groups in total. The van der Waals surface area contributed by atoms with Gasteiger partial charge in [-0.15, -0.1) is 0 Å². The summed E-state index contributed by atoms with van der Waals surface area (Å²) >= 11 is 21.9. The predicted molar refractivity (Wildman–Crippen MR) is 133 cm³/mol. The molecular formula is C23H14BrCl3N2O3. The van der Waals surface area contributed by atoms with Gasteiger partial charge in [-0.1, -0.05) is 50.7 Å². The summed E-state index contributed by atoms with van der Waals surface area (Å²) in [6.45, 7) is 0. The average Bonchev–Trinajstić information content (AvgIpc) is 3.17. The van der Waals surface area contributed by atoms with Gasteiger partial charge in [-0.3, -0.25) is 4.79 Å². The molecule has 9 heteroatoms. The van der Waals surface area contributed by atoms with Crippen LogP contribution >= 0.6 is 50.7 Å². The van der Waals surface area contributed by atoms with Crippen molar-refractivity contribution in [2.75, 3.05) is 12.4 Å². The lowest BCUT2D eigenvalue weighted by molar-refractivity contribution is -0.111. The quantitative estimate of drug-likeness (QED) is 0.256. The van der Waals surface area contributed by atoms with Crippen molar-refractivity contribution in [2.45, 2.75) is 0 Å². The first kappa shape index (κ1) is 22.7. The van der Waals surface area contributed by atoms with Crippen LogP contribution < -0.4 is 10.1 Å². The minimum atomic E-state index is -0.346. The number of nitrogens with zero attached hydrogens (tertiary/aromatic N) is 1. The number of benzene rings is 3. The van der Waals surface area contributed by atoms with Crippen LogP contribution in [-0.2, 0) is 4.79 Å². The standard InChI is InChI=1S/C23H14BrCl3N2O3/c1-31-22-12(8-14(25)10-18(22)27)2-7-21(30)28-15-4-6-20-19(11-15)29-23(32-20)16-9-13(24)3-5-17(16)26/h2-11H,1H3,(H,28,30). The molecule has 5 nitrogen and oxygen atoms in total. The maximum Gasteiger partial charge on any atom is 0.248 e. The molecule has 0 fully saturated rings. The molecule has 4 aromatic rings. The van der Waals surface area contributed by atoms with Crippen molar-refractivity contribution in [2.24, 2.45) is 0 Å². The molecule has 32 heavy (non-hydrogen) atoms. The number of oxazole rings is 1. The second kappa shape index (κ2) is 9.55. The molecule has 0 aliphatic heterocycles. The highest BCUT2D eigenvalue weighted by Gasteiger charge is 2.13. The van der Waals surface area contributed by atoms with E-state index in [9.17, 15) is 4.79 Å². The summed E-state index contributed by atoms with van der Waals surface area (Å²) < 4.78 is 12.0. The molecule has 0 saturated heterocycles. The zero-order valence-electron chi connectivity index (χ0n) is 16.5. The molecule has 3 aromatic carbocycles. The van der Waals surface area contributed by atoms with E-state index in [0.717, 1.165) is 4.47 Å². The summed E-state index contributed by atoms with van der Waals surface area (Å²) in [5.41, 5.74) is 2.97. The van der Waals surface area contributed by atoms with Crippen molar-refractivity contribution in [3.8, 4) is 17.2 Å². The fourth-order valence-electron chi connectivity index (χ4n) is 3.05. The third-order valence-corrected chi connectivity index (χ3v) is 5.79. The molecule has 0 saturated carbocycles. The second-order valence-corrected chi connectivity index (χ2v) is 8.82. The summed E-state index contributed by atoms with van der Waals surface area (Å²) in [6.07, 6.45) is 2.94. The van der Waals surface area contributed by atoms with E-state index in [1.165, 1.54) is 13.2 Å². The van der Waals surface area contributed by atoms with Crippen molar-refractivity contribution in [3.05, 3.63) is 79.7 Å². The Labute approximate surface area is 207 Å². The zero-order valence-corrected chi connectivity index (χ0v) is 20.3. The Bertz CT molecular complexity index is 1370. The second-order valence-electron chi connectivity index (χ2n) is 6.66. The fourth-order valence-corrected chi connectivity index (χ4v) is 4.20. The molecule has 1 heterocycles. The van der Waals surface area contributed by atoms with E-state index in [0.29, 0.717) is 54.6 Å². The number of methoxy groups -OCH3 is 1. The van der Waals surface area contributed by atoms with Gasteiger partial charge in [0.15, 0.2) is 5.58 Å². The maximum atomic E-state index is 12.4. The number of ether oxygens (including phenoxy) is 1. The van der Waals surface area contributed by atoms with E-state index in [-0.39, 0.29) is 5.91 Å². The summed E-state index contributed by atoms with van der Waals surface area (Å²) in [7, 11) is 1.50. The summed E-state index contributed by atoms with van der Waals surface area (Å²) in [5, 5.41) is 4.11. The highest BCUT2D eigenvalue weighted by atomic mass is 79.9. The van der Waals surface area contributed by atoms with Crippen molar-refractivity contribution in [1.29, 1.82) is 0 Å². The van der Waals surface area contributed by atoms with E-state index in [1.807, 2.05) is 12.1 Å². The lowest BCUT2D eigenvalue weighted by atomic mass is 10.2. The smallest absolute Gasteiger partial charge is 0.248 e. The number of hydrogen-bond donors (Lipinski definition) is 1. The molecule has 0 spiro atoms. The Morgan fingerprint density at radius 1 is 1.09 bits per heavy atom. The van der Waals surface area contributed by atoms with Gasteiger partial charge < -0.3 is 14.5 Å². The van der Waals surface area contributed by atoms with Gasteiger partial charge in [-0.05, 0) is 54.6 Å². The monoisotopic (exact) mass is 550 g/mol. The number of fused-ring (bicyclic) bond motifs is 1. The molecule has 0 bridgehead atoms.